The van der Waals surface area contributed by atoms with Crippen LogP contribution in [-0.4, -0.2) is 48.1 Å². The zero-order valence-electron chi connectivity index (χ0n) is 13.1. The number of β-amino-alcohol motifs (C(OH)–C–C–N with tert-alkyl or cyclic N) is 1. The van der Waals surface area contributed by atoms with E-state index in [0.29, 0.717) is 0 Å². The number of rotatable bonds is 3. The van der Waals surface area contributed by atoms with Gasteiger partial charge in [-0.3, -0.25) is 0 Å². The van der Waals surface area contributed by atoms with Crippen molar-refractivity contribution in [2.24, 2.45) is 0 Å². The summed E-state index contributed by atoms with van der Waals surface area (Å²) in [5, 5.41) is 9.65. The molecule has 0 unspecified atom stereocenters. The van der Waals surface area contributed by atoms with Gasteiger partial charge in [-0.2, -0.15) is 0 Å². The summed E-state index contributed by atoms with van der Waals surface area (Å²) in [6.07, 6.45) is -0.505. The van der Waals surface area contributed by atoms with Crippen molar-refractivity contribution < 1.29 is 19.0 Å². The fraction of sp³-hybridized carbons (Fsp3) is 0.316. The van der Waals surface area contributed by atoms with Crippen molar-refractivity contribution in [2.45, 2.75) is 11.5 Å². The molecule has 2 aliphatic rings. The minimum atomic E-state index is -1.40. The van der Waals surface area contributed by atoms with E-state index in [1.165, 1.54) is 16.0 Å². The van der Waals surface area contributed by atoms with Crippen LogP contribution < -0.4 is 0 Å². The highest BCUT2D eigenvalue weighted by Gasteiger charge is 2.44. The van der Waals surface area contributed by atoms with E-state index in [0.717, 1.165) is 11.1 Å². The number of aliphatic hydroxyl groups is 1. The molecule has 0 radical (unpaired) electrons. The van der Waals surface area contributed by atoms with Crippen LogP contribution in [0.2, 0.25) is 0 Å². The molecule has 24 heavy (non-hydrogen) atoms. The van der Waals surface area contributed by atoms with Gasteiger partial charge in [-0.15, -0.1) is 0 Å². The number of hydrogen-bond donors (Lipinski definition) is 1. The van der Waals surface area contributed by atoms with Gasteiger partial charge in [0.1, 0.15) is 18.9 Å². The van der Waals surface area contributed by atoms with Crippen molar-refractivity contribution in [1.82, 2.24) is 4.90 Å². The first kappa shape index (κ1) is 15.1. The Balaban J connectivity index is 1.48. The van der Waals surface area contributed by atoms with Crippen molar-refractivity contribution in [3.05, 3.63) is 59.7 Å². The van der Waals surface area contributed by atoms with E-state index in [1.807, 2.05) is 24.3 Å². The van der Waals surface area contributed by atoms with E-state index in [1.54, 1.807) is 0 Å². The lowest BCUT2D eigenvalue weighted by Gasteiger charge is -2.43. The number of ether oxygens (including phenoxy) is 1. The van der Waals surface area contributed by atoms with Gasteiger partial charge in [-0.05, 0) is 22.3 Å². The maximum Gasteiger partial charge on any atom is 0.409 e. The number of carbonyl (C=O) groups excluding carboxylic acids is 1. The molecular weight excluding hydrogens is 309 g/mol. The molecule has 0 spiro atoms. The molecule has 0 bridgehead atoms. The van der Waals surface area contributed by atoms with E-state index in [-0.39, 0.29) is 25.6 Å². The first-order valence-electron chi connectivity index (χ1n) is 7.99. The van der Waals surface area contributed by atoms with Crippen LogP contribution >= 0.6 is 0 Å². The zero-order chi connectivity index (χ0) is 16.7. The van der Waals surface area contributed by atoms with Crippen molar-refractivity contribution >= 4 is 6.09 Å². The number of alkyl halides is 1. The summed E-state index contributed by atoms with van der Waals surface area (Å²) < 4.78 is 18.0. The van der Waals surface area contributed by atoms with Gasteiger partial charge in [-0.1, -0.05) is 48.5 Å². The Morgan fingerprint density at radius 3 is 2.21 bits per heavy atom. The van der Waals surface area contributed by atoms with Crippen molar-refractivity contribution in [3.63, 3.8) is 0 Å². The van der Waals surface area contributed by atoms with Crippen LogP contribution in [0.25, 0.3) is 11.1 Å². The minimum Gasteiger partial charge on any atom is -0.448 e. The highest BCUT2D eigenvalue weighted by atomic mass is 19.1. The summed E-state index contributed by atoms with van der Waals surface area (Å²) in [5.41, 5.74) is 3.24. The SMILES string of the molecule is O=C(OCC1c2ccccc2-c2ccccc21)N1CC(O)(CF)C1. The molecule has 1 saturated heterocycles. The lowest BCUT2D eigenvalue weighted by atomic mass is 9.97. The number of amides is 1. The Bertz CT molecular complexity index is 740. The third kappa shape index (κ3) is 2.36. The van der Waals surface area contributed by atoms with E-state index >= 15 is 0 Å². The number of likely N-dealkylation sites (tertiary alicyclic amines) is 1. The van der Waals surface area contributed by atoms with E-state index in [4.69, 9.17) is 4.74 Å². The van der Waals surface area contributed by atoms with E-state index in [9.17, 15) is 14.3 Å². The highest BCUT2D eigenvalue weighted by Crippen LogP contribution is 2.44. The predicted octanol–water partition coefficient (Wildman–Crippen LogP) is 2.95. The molecule has 124 valence electrons. The number of hydrogen-bond acceptors (Lipinski definition) is 3. The van der Waals surface area contributed by atoms with Gasteiger partial charge in [-0.25, -0.2) is 9.18 Å². The molecule has 4 nitrogen and oxygen atoms in total. The summed E-state index contributed by atoms with van der Waals surface area (Å²) in [4.78, 5) is 13.4. The lowest BCUT2D eigenvalue weighted by molar-refractivity contribution is -0.100. The minimum absolute atomic E-state index is 0.00249. The molecule has 1 amide bonds. The molecular formula is C19H18FNO3. The summed E-state index contributed by atoms with van der Waals surface area (Å²) in [6, 6.07) is 16.2. The van der Waals surface area contributed by atoms with Gasteiger partial charge in [0.15, 0.2) is 0 Å². The Hall–Kier alpha value is -2.40. The van der Waals surface area contributed by atoms with Crippen LogP contribution in [0.5, 0.6) is 0 Å². The van der Waals surface area contributed by atoms with Crippen molar-refractivity contribution in [2.75, 3.05) is 26.4 Å². The Morgan fingerprint density at radius 2 is 1.67 bits per heavy atom. The standard InChI is InChI=1S/C19H18FNO3/c20-10-19(23)11-21(12-19)18(22)24-9-17-15-7-3-1-5-13(15)14-6-2-4-8-16(14)17/h1-8,17,23H,9-12H2. The van der Waals surface area contributed by atoms with Gasteiger partial charge in [0.05, 0.1) is 13.1 Å². The first-order valence-corrected chi connectivity index (χ1v) is 7.99. The van der Waals surface area contributed by atoms with E-state index < -0.39 is 18.4 Å². The molecule has 4 rings (SSSR count). The molecule has 2 aromatic carbocycles. The van der Waals surface area contributed by atoms with Crippen LogP contribution in [0.1, 0.15) is 17.0 Å². The van der Waals surface area contributed by atoms with Crippen LogP contribution in [0.15, 0.2) is 48.5 Å². The highest BCUT2D eigenvalue weighted by molar-refractivity contribution is 5.79. The molecule has 1 fully saturated rings. The Kier molecular flexibility index (Phi) is 3.53. The largest absolute Gasteiger partial charge is 0.448 e. The summed E-state index contributed by atoms with van der Waals surface area (Å²) in [6.45, 7) is -0.641. The van der Waals surface area contributed by atoms with E-state index in [2.05, 4.69) is 24.3 Å². The Labute approximate surface area is 139 Å². The van der Waals surface area contributed by atoms with Crippen molar-refractivity contribution in [3.8, 4) is 11.1 Å². The van der Waals surface area contributed by atoms with Crippen LogP contribution in [0.3, 0.4) is 0 Å². The molecule has 0 atom stereocenters. The second-order valence-electron chi connectivity index (χ2n) is 6.52. The monoisotopic (exact) mass is 327 g/mol. The lowest BCUT2D eigenvalue weighted by Crippen LogP contribution is -2.64. The van der Waals surface area contributed by atoms with Gasteiger partial charge in [0, 0.05) is 5.92 Å². The van der Waals surface area contributed by atoms with Crippen LogP contribution in [0, 0.1) is 0 Å². The molecule has 0 aromatic heterocycles. The molecule has 0 saturated carbocycles. The second kappa shape index (κ2) is 5.60. The van der Waals surface area contributed by atoms with Gasteiger partial charge < -0.3 is 14.7 Å². The summed E-state index contributed by atoms with van der Waals surface area (Å²) >= 11 is 0. The van der Waals surface area contributed by atoms with Crippen molar-refractivity contribution in [1.29, 1.82) is 0 Å². The average Bonchev–Trinajstić information content (AvgIpc) is 2.91. The normalized spacial score (nSPS) is 17.8. The number of benzene rings is 2. The van der Waals surface area contributed by atoms with Gasteiger partial charge >= 0.3 is 6.09 Å². The smallest absolute Gasteiger partial charge is 0.409 e. The number of carbonyl (C=O) groups is 1. The molecule has 5 heteroatoms. The van der Waals surface area contributed by atoms with Crippen LogP contribution in [-0.2, 0) is 4.74 Å². The van der Waals surface area contributed by atoms with Gasteiger partial charge in [0.2, 0.25) is 0 Å². The molecule has 1 heterocycles. The molecule has 1 N–H and O–H groups in total. The van der Waals surface area contributed by atoms with Crippen LogP contribution in [0.4, 0.5) is 9.18 Å². The number of fused-ring (bicyclic) bond motifs is 3. The first-order chi connectivity index (χ1) is 11.6. The summed E-state index contributed by atoms with van der Waals surface area (Å²) in [5.74, 6) is 0.00249. The third-order valence-electron chi connectivity index (χ3n) is 4.81. The molecule has 1 aliphatic heterocycles. The third-order valence-corrected chi connectivity index (χ3v) is 4.81. The fourth-order valence-electron chi connectivity index (χ4n) is 3.56. The predicted molar refractivity (Wildman–Crippen MR) is 87.6 cm³/mol. The molecule has 2 aromatic rings. The zero-order valence-corrected chi connectivity index (χ0v) is 13.1. The second-order valence-corrected chi connectivity index (χ2v) is 6.52. The maximum atomic E-state index is 12.6. The summed E-state index contributed by atoms with van der Waals surface area (Å²) in [7, 11) is 0. The maximum absolute atomic E-state index is 12.6. The fourth-order valence-corrected chi connectivity index (χ4v) is 3.56. The topological polar surface area (TPSA) is 49.8 Å². The Morgan fingerprint density at radius 1 is 1.12 bits per heavy atom. The van der Waals surface area contributed by atoms with Gasteiger partial charge in [0.25, 0.3) is 0 Å². The number of halogens is 1. The molecule has 1 aliphatic carbocycles. The quantitative estimate of drug-likeness (QED) is 0.943. The number of nitrogens with zero attached hydrogens (tertiary/aromatic N) is 1. The average molecular weight is 327 g/mol.